The van der Waals surface area contributed by atoms with Crippen LogP contribution in [0.15, 0.2) is 22.7 Å². The molecule has 0 bridgehead atoms. The van der Waals surface area contributed by atoms with E-state index < -0.39 is 20.0 Å². The first-order valence-electron chi connectivity index (χ1n) is 10.6. The second-order valence-corrected chi connectivity index (χ2v) is 13.5. The molecule has 0 amide bonds. The summed E-state index contributed by atoms with van der Waals surface area (Å²) in [5, 5.41) is 0. The standard InChI is InChI=1S/C20H30BrN3O4S2/c1-29(25,26)22-8-3-11-30(27,28)24-9-2-4-16-14-23-10-7-15-12-17(21)5-6-18(15)20(23)13-19(16)24/h5-6,12,16,19-20,22H,2-4,7-11,13-14H2,1H3/t16-,19+,20+/m1/s1. The lowest BCUT2D eigenvalue weighted by molar-refractivity contribution is 0.0220. The highest BCUT2D eigenvalue weighted by atomic mass is 79.9. The van der Waals surface area contributed by atoms with Crippen molar-refractivity contribution in [3.8, 4) is 0 Å². The molecule has 1 N–H and O–H groups in total. The van der Waals surface area contributed by atoms with E-state index in [1.165, 1.54) is 11.1 Å². The lowest BCUT2D eigenvalue weighted by atomic mass is 9.77. The van der Waals surface area contributed by atoms with Crippen LogP contribution in [0.5, 0.6) is 0 Å². The third kappa shape index (κ3) is 4.94. The van der Waals surface area contributed by atoms with E-state index in [0.29, 0.717) is 12.5 Å². The van der Waals surface area contributed by atoms with Crippen molar-refractivity contribution in [1.29, 1.82) is 0 Å². The number of nitrogens with one attached hydrogen (secondary N) is 1. The SMILES string of the molecule is CS(=O)(=O)NCCCS(=O)(=O)N1CCC[C@@H]2CN3CCc4cc(Br)ccc4[C@@H]3C[C@@H]21. The first-order chi connectivity index (χ1) is 14.1. The number of piperidine rings is 2. The molecule has 0 unspecified atom stereocenters. The Labute approximate surface area is 188 Å². The molecule has 7 nitrogen and oxygen atoms in total. The van der Waals surface area contributed by atoms with Crippen molar-refractivity contribution in [3.05, 3.63) is 33.8 Å². The summed E-state index contributed by atoms with van der Waals surface area (Å²) in [6.45, 7) is 2.70. The first kappa shape index (κ1) is 22.7. The summed E-state index contributed by atoms with van der Waals surface area (Å²) in [4.78, 5) is 2.55. The molecule has 0 spiro atoms. The van der Waals surface area contributed by atoms with Crippen molar-refractivity contribution < 1.29 is 16.8 Å². The third-order valence-electron chi connectivity index (χ3n) is 6.68. The average Bonchev–Trinajstić information content (AvgIpc) is 2.68. The first-order valence-corrected chi connectivity index (χ1v) is 14.9. The summed E-state index contributed by atoms with van der Waals surface area (Å²) >= 11 is 3.57. The van der Waals surface area contributed by atoms with Crippen molar-refractivity contribution in [3.63, 3.8) is 0 Å². The number of rotatable bonds is 6. The van der Waals surface area contributed by atoms with E-state index in [0.717, 1.165) is 49.5 Å². The van der Waals surface area contributed by atoms with Gasteiger partial charge in [0.05, 0.1) is 12.0 Å². The molecule has 3 aliphatic heterocycles. The molecule has 2 saturated heterocycles. The number of hydrogen-bond donors (Lipinski definition) is 1. The predicted molar refractivity (Wildman–Crippen MR) is 121 cm³/mol. The molecule has 30 heavy (non-hydrogen) atoms. The number of halogens is 1. The molecule has 1 aromatic rings. The van der Waals surface area contributed by atoms with Crippen molar-refractivity contribution in [2.24, 2.45) is 5.92 Å². The fourth-order valence-electron chi connectivity index (χ4n) is 5.36. The number of hydrogen-bond acceptors (Lipinski definition) is 5. The van der Waals surface area contributed by atoms with Gasteiger partial charge in [-0.2, -0.15) is 4.31 Å². The van der Waals surface area contributed by atoms with Crippen molar-refractivity contribution in [1.82, 2.24) is 13.9 Å². The molecule has 0 aliphatic carbocycles. The Bertz CT molecular complexity index is 999. The maximum atomic E-state index is 13.1. The fraction of sp³-hybridized carbons (Fsp3) is 0.700. The largest absolute Gasteiger partial charge is 0.296 e. The van der Waals surface area contributed by atoms with E-state index in [-0.39, 0.29) is 30.8 Å². The van der Waals surface area contributed by atoms with Gasteiger partial charge in [0, 0.05) is 42.7 Å². The van der Waals surface area contributed by atoms with Crippen LogP contribution in [0.4, 0.5) is 0 Å². The van der Waals surface area contributed by atoms with Crippen molar-refractivity contribution in [2.45, 2.75) is 44.2 Å². The number of nitrogens with zero attached hydrogens (tertiary/aromatic N) is 2. The maximum Gasteiger partial charge on any atom is 0.214 e. The minimum Gasteiger partial charge on any atom is -0.296 e. The lowest BCUT2D eigenvalue weighted by Crippen LogP contribution is -2.57. The van der Waals surface area contributed by atoms with Crippen LogP contribution >= 0.6 is 15.9 Å². The van der Waals surface area contributed by atoms with Crippen LogP contribution in [0, 0.1) is 5.92 Å². The van der Waals surface area contributed by atoms with Crippen LogP contribution in [0.2, 0.25) is 0 Å². The fourth-order valence-corrected chi connectivity index (χ4v) is 8.10. The van der Waals surface area contributed by atoms with E-state index in [1.54, 1.807) is 4.31 Å². The summed E-state index contributed by atoms with van der Waals surface area (Å²) in [7, 11) is -6.72. The van der Waals surface area contributed by atoms with E-state index in [4.69, 9.17) is 0 Å². The molecule has 0 saturated carbocycles. The van der Waals surface area contributed by atoms with E-state index >= 15 is 0 Å². The topological polar surface area (TPSA) is 86.8 Å². The molecule has 3 atom stereocenters. The molecule has 2 fully saturated rings. The number of benzene rings is 1. The molecule has 4 rings (SSSR count). The van der Waals surface area contributed by atoms with E-state index in [9.17, 15) is 16.8 Å². The monoisotopic (exact) mass is 519 g/mol. The van der Waals surface area contributed by atoms with Gasteiger partial charge in [-0.3, -0.25) is 4.90 Å². The molecule has 0 radical (unpaired) electrons. The van der Waals surface area contributed by atoms with Gasteiger partial charge in [0.25, 0.3) is 0 Å². The second-order valence-electron chi connectivity index (χ2n) is 8.76. The van der Waals surface area contributed by atoms with Crippen LogP contribution in [-0.4, -0.2) is 70.3 Å². The Morgan fingerprint density at radius 2 is 2.00 bits per heavy atom. The van der Waals surface area contributed by atoms with Gasteiger partial charge in [0.2, 0.25) is 20.0 Å². The van der Waals surface area contributed by atoms with Crippen LogP contribution in [0.3, 0.4) is 0 Å². The molecular formula is C20H30BrN3O4S2. The smallest absolute Gasteiger partial charge is 0.214 e. The second kappa shape index (κ2) is 8.78. The minimum absolute atomic E-state index is 0.0172. The van der Waals surface area contributed by atoms with Gasteiger partial charge >= 0.3 is 0 Å². The van der Waals surface area contributed by atoms with Gasteiger partial charge in [-0.25, -0.2) is 21.6 Å². The lowest BCUT2D eigenvalue weighted by Gasteiger charge is -2.51. The summed E-state index contributed by atoms with van der Waals surface area (Å²) in [5.74, 6) is 0.354. The molecule has 168 valence electrons. The Morgan fingerprint density at radius 1 is 1.20 bits per heavy atom. The predicted octanol–water partition coefficient (Wildman–Crippen LogP) is 2.10. The zero-order valence-electron chi connectivity index (χ0n) is 17.3. The quantitative estimate of drug-likeness (QED) is 0.581. The number of fused-ring (bicyclic) bond motifs is 4. The maximum absolute atomic E-state index is 13.1. The zero-order chi connectivity index (χ0) is 21.5. The van der Waals surface area contributed by atoms with Gasteiger partial charge in [-0.05, 0) is 61.3 Å². The van der Waals surface area contributed by atoms with Gasteiger partial charge in [-0.15, -0.1) is 0 Å². The Hall–Kier alpha value is -0.520. The normalized spacial score (nSPS) is 27.9. The summed E-state index contributed by atoms with van der Waals surface area (Å²) in [6, 6.07) is 6.77. The molecule has 1 aromatic carbocycles. The highest BCUT2D eigenvalue weighted by Gasteiger charge is 2.45. The minimum atomic E-state index is -3.42. The average molecular weight is 521 g/mol. The van der Waals surface area contributed by atoms with Crippen LogP contribution in [0.1, 0.15) is 42.9 Å². The highest BCUT2D eigenvalue weighted by Crippen LogP contribution is 2.44. The van der Waals surface area contributed by atoms with E-state index in [1.807, 2.05) is 0 Å². The van der Waals surface area contributed by atoms with E-state index in [2.05, 4.69) is 43.8 Å². The van der Waals surface area contributed by atoms with Crippen molar-refractivity contribution in [2.75, 3.05) is 38.2 Å². The van der Waals surface area contributed by atoms with Gasteiger partial charge in [0.1, 0.15) is 0 Å². The Balaban J connectivity index is 1.49. The van der Waals surface area contributed by atoms with Crippen molar-refractivity contribution >= 4 is 36.0 Å². The Kier molecular flexibility index (Phi) is 6.64. The van der Waals surface area contributed by atoms with Crippen LogP contribution in [-0.2, 0) is 26.5 Å². The zero-order valence-corrected chi connectivity index (χ0v) is 20.5. The molecular weight excluding hydrogens is 490 g/mol. The molecule has 3 aliphatic rings. The van der Waals surface area contributed by atoms with Crippen LogP contribution in [0.25, 0.3) is 0 Å². The highest BCUT2D eigenvalue weighted by molar-refractivity contribution is 9.10. The molecule has 0 aromatic heterocycles. The van der Waals surface area contributed by atoms with Gasteiger partial charge < -0.3 is 0 Å². The van der Waals surface area contributed by atoms with Gasteiger partial charge in [0.15, 0.2) is 0 Å². The summed E-state index contributed by atoms with van der Waals surface area (Å²) in [5.41, 5.74) is 2.70. The van der Waals surface area contributed by atoms with Crippen LogP contribution < -0.4 is 4.72 Å². The summed E-state index contributed by atoms with van der Waals surface area (Å²) < 4.78 is 54.0. The summed E-state index contributed by atoms with van der Waals surface area (Å²) in [6.07, 6.45) is 5.21. The third-order valence-corrected chi connectivity index (χ3v) is 9.87. The molecule has 10 heteroatoms. The van der Waals surface area contributed by atoms with Gasteiger partial charge in [-0.1, -0.05) is 22.0 Å². The molecule has 3 heterocycles. The number of sulfonamides is 2. The Morgan fingerprint density at radius 3 is 2.77 bits per heavy atom.